The van der Waals surface area contributed by atoms with Crippen LogP contribution in [0.4, 0.5) is 0 Å². The smallest absolute Gasteiger partial charge is 0.165 e. The molecule has 4 heteroatoms. The zero-order valence-electron chi connectivity index (χ0n) is 12.8. The maximum atomic E-state index is 5.98. The molecule has 0 aliphatic carbocycles. The number of ether oxygens (including phenoxy) is 2. The van der Waals surface area contributed by atoms with Crippen molar-refractivity contribution in [2.45, 2.75) is 25.8 Å². The third kappa shape index (κ3) is 2.76. The molecule has 1 fully saturated rings. The molecule has 0 radical (unpaired) electrons. The molecule has 1 aromatic rings. The number of hydrogen-bond acceptors (Lipinski definition) is 4. The lowest BCUT2D eigenvalue weighted by Crippen LogP contribution is -2.29. The van der Waals surface area contributed by atoms with Crippen molar-refractivity contribution in [3.8, 4) is 11.5 Å². The van der Waals surface area contributed by atoms with E-state index in [1.807, 2.05) is 12.1 Å². The molecule has 0 aromatic heterocycles. The van der Waals surface area contributed by atoms with Crippen molar-refractivity contribution in [3.05, 3.63) is 23.8 Å². The van der Waals surface area contributed by atoms with Gasteiger partial charge in [-0.2, -0.15) is 0 Å². The molecule has 1 aliphatic heterocycles. The second-order valence-electron chi connectivity index (χ2n) is 5.35. The Morgan fingerprint density at radius 3 is 2.70 bits per heavy atom. The fourth-order valence-electron chi connectivity index (χ4n) is 3.31. The van der Waals surface area contributed by atoms with Crippen molar-refractivity contribution in [1.29, 1.82) is 0 Å². The van der Waals surface area contributed by atoms with Crippen LogP contribution in [0.2, 0.25) is 0 Å². The van der Waals surface area contributed by atoms with Crippen LogP contribution in [-0.4, -0.2) is 38.8 Å². The van der Waals surface area contributed by atoms with Gasteiger partial charge in [0.25, 0.3) is 0 Å². The predicted octanol–water partition coefficient (Wildman–Crippen LogP) is 2.44. The molecule has 0 amide bonds. The highest BCUT2D eigenvalue weighted by Crippen LogP contribution is 2.43. The summed E-state index contributed by atoms with van der Waals surface area (Å²) in [4.78, 5) is 2.52. The van der Waals surface area contributed by atoms with E-state index in [0.29, 0.717) is 18.5 Å². The third-order valence-corrected chi connectivity index (χ3v) is 4.19. The van der Waals surface area contributed by atoms with Gasteiger partial charge in [0.1, 0.15) is 0 Å². The van der Waals surface area contributed by atoms with Crippen LogP contribution in [0.5, 0.6) is 11.5 Å². The Hall–Kier alpha value is -1.26. The van der Waals surface area contributed by atoms with E-state index in [1.54, 1.807) is 14.2 Å². The summed E-state index contributed by atoms with van der Waals surface area (Å²) >= 11 is 0. The van der Waals surface area contributed by atoms with Gasteiger partial charge < -0.3 is 15.2 Å². The van der Waals surface area contributed by atoms with Gasteiger partial charge in [0.15, 0.2) is 11.5 Å². The van der Waals surface area contributed by atoms with Gasteiger partial charge in [0.2, 0.25) is 0 Å². The zero-order chi connectivity index (χ0) is 14.5. The summed E-state index contributed by atoms with van der Waals surface area (Å²) in [5.41, 5.74) is 7.19. The van der Waals surface area contributed by atoms with E-state index < -0.39 is 0 Å². The van der Waals surface area contributed by atoms with Crippen LogP contribution in [0, 0.1) is 5.92 Å². The summed E-state index contributed by atoms with van der Waals surface area (Å²) in [6.45, 7) is 5.14. The van der Waals surface area contributed by atoms with Gasteiger partial charge in [-0.05, 0) is 44.5 Å². The fraction of sp³-hybridized carbons (Fsp3) is 0.625. The van der Waals surface area contributed by atoms with Crippen LogP contribution in [0.1, 0.15) is 31.4 Å². The largest absolute Gasteiger partial charge is 0.493 e. The zero-order valence-corrected chi connectivity index (χ0v) is 12.8. The average Bonchev–Trinajstić information content (AvgIpc) is 2.89. The molecule has 4 nitrogen and oxygen atoms in total. The Morgan fingerprint density at radius 2 is 2.10 bits per heavy atom. The molecular weight excluding hydrogens is 252 g/mol. The van der Waals surface area contributed by atoms with Crippen LogP contribution < -0.4 is 15.2 Å². The molecule has 2 unspecified atom stereocenters. The monoisotopic (exact) mass is 278 g/mol. The van der Waals surface area contributed by atoms with E-state index in [4.69, 9.17) is 15.2 Å². The lowest BCUT2D eigenvalue weighted by molar-refractivity contribution is 0.223. The van der Waals surface area contributed by atoms with Gasteiger partial charge in [0, 0.05) is 11.6 Å². The average molecular weight is 278 g/mol. The van der Waals surface area contributed by atoms with E-state index >= 15 is 0 Å². The summed E-state index contributed by atoms with van der Waals surface area (Å²) in [7, 11) is 3.39. The Bertz CT molecular complexity index is 436. The minimum Gasteiger partial charge on any atom is -0.493 e. The highest BCUT2D eigenvalue weighted by atomic mass is 16.5. The maximum Gasteiger partial charge on any atom is 0.165 e. The van der Waals surface area contributed by atoms with Gasteiger partial charge in [-0.15, -0.1) is 0 Å². The Balaban J connectivity index is 2.40. The number of benzene rings is 1. The lowest BCUT2D eigenvalue weighted by Gasteiger charge is -2.29. The van der Waals surface area contributed by atoms with Crippen LogP contribution in [-0.2, 0) is 0 Å². The lowest BCUT2D eigenvalue weighted by atomic mass is 9.92. The topological polar surface area (TPSA) is 47.7 Å². The predicted molar refractivity (Wildman–Crippen MR) is 81.3 cm³/mol. The molecule has 1 aromatic carbocycles. The SMILES string of the molecule is CCCN1CCC(CN)C1c1cccc(OC)c1OC. The maximum absolute atomic E-state index is 5.98. The van der Waals surface area contributed by atoms with Crippen molar-refractivity contribution in [1.82, 2.24) is 4.90 Å². The molecule has 112 valence electrons. The molecule has 0 bridgehead atoms. The number of hydrogen-bond donors (Lipinski definition) is 1. The molecule has 0 spiro atoms. The summed E-state index contributed by atoms with van der Waals surface area (Å²) in [6, 6.07) is 6.46. The Kier molecular flexibility index (Phi) is 5.26. The standard InChI is InChI=1S/C16H26N2O2/c1-4-9-18-10-8-12(11-17)15(18)13-6-5-7-14(19-2)16(13)20-3/h5-7,12,15H,4,8-11,17H2,1-3H3. The van der Waals surface area contributed by atoms with Crippen molar-refractivity contribution >= 4 is 0 Å². The number of nitrogens with zero attached hydrogens (tertiary/aromatic N) is 1. The summed E-state index contributed by atoms with van der Waals surface area (Å²) in [5.74, 6) is 2.13. The van der Waals surface area contributed by atoms with Gasteiger partial charge in [-0.3, -0.25) is 4.90 Å². The number of para-hydroxylation sites is 1. The van der Waals surface area contributed by atoms with Crippen molar-refractivity contribution in [3.63, 3.8) is 0 Å². The molecule has 1 saturated heterocycles. The molecule has 1 aliphatic rings. The number of nitrogens with two attached hydrogens (primary N) is 1. The van der Waals surface area contributed by atoms with E-state index in [0.717, 1.165) is 37.4 Å². The van der Waals surface area contributed by atoms with Crippen LogP contribution in [0.3, 0.4) is 0 Å². The minimum absolute atomic E-state index is 0.338. The van der Waals surface area contributed by atoms with E-state index in [2.05, 4.69) is 17.9 Å². The normalized spacial score (nSPS) is 23.0. The second-order valence-corrected chi connectivity index (χ2v) is 5.35. The number of likely N-dealkylation sites (tertiary alicyclic amines) is 1. The first-order valence-electron chi connectivity index (χ1n) is 7.41. The van der Waals surface area contributed by atoms with Crippen LogP contribution in [0.25, 0.3) is 0 Å². The van der Waals surface area contributed by atoms with Crippen molar-refractivity contribution in [2.24, 2.45) is 11.7 Å². The third-order valence-electron chi connectivity index (χ3n) is 4.19. The van der Waals surface area contributed by atoms with E-state index in [-0.39, 0.29) is 0 Å². The molecule has 0 saturated carbocycles. The van der Waals surface area contributed by atoms with Gasteiger partial charge in [-0.1, -0.05) is 19.1 Å². The second kappa shape index (κ2) is 6.95. The van der Waals surface area contributed by atoms with E-state index in [1.165, 1.54) is 5.56 Å². The van der Waals surface area contributed by atoms with Crippen molar-refractivity contribution < 1.29 is 9.47 Å². The highest BCUT2D eigenvalue weighted by molar-refractivity contribution is 5.48. The summed E-state index contributed by atoms with van der Waals surface area (Å²) < 4.78 is 11.0. The molecule has 2 N–H and O–H groups in total. The summed E-state index contributed by atoms with van der Waals surface area (Å²) in [6.07, 6.45) is 2.31. The number of rotatable bonds is 6. The molecule has 20 heavy (non-hydrogen) atoms. The number of methoxy groups -OCH3 is 2. The minimum atomic E-state index is 0.338. The van der Waals surface area contributed by atoms with Gasteiger partial charge >= 0.3 is 0 Å². The summed E-state index contributed by atoms with van der Waals surface area (Å²) in [5, 5.41) is 0. The first-order chi connectivity index (χ1) is 9.76. The Morgan fingerprint density at radius 1 is 1.30 bits per heavy atom. The molecule has 1 heterocycles. The highest BCUT2D eigenvalue weighted by Gasteiger charge is 2.36. The van der Waals surface area contributed by atoms with Gasteiger partial charge in [0.05, 0.1) is 14.2 Å². The van der Waals surface area contributed by atoms with Crippen molar-refractivity contribution in [2.75, 3.05) is 33.9 Å². The first-order valence-corrected chi connectivity index (χ1v) is 7.41. The first kappa shape index (κ1) is 15.1. The molecular formula is C16H26N2O2. The van der Waals surface area contributed by atoms with Gasteiger partial charge in [-0.25, -0.2) is 0 Å². The molecule has 2 rings (SSSR count). The molecule has 2 atom stereocenters. The van der Waals surface area contributed by atoms with Crippen LogP contribution in [0.15, 0.2) is 18.2 Å². The van der Waals surface area contributed by atoms with Crippen LogP contribution >= 0.6 is 0 Å². The fourth-order valence-corrected chi connectivity index (χ4v) is 3.31. The quantitative estimate of drug-likeness (QED) is 0.868. The Labute approximate surface area is 121 Å². The van der Waals surface area contributed by atoms with E-state index in [9.17, 15) is 0 Å².